The number of hydrogen-bond acceptors (Lipinski definition) is 4. The van der Waals surface area contributed by atoms with E-state index in [1.807, 2.05) is 35.7 Å². The maximum Gasteiger partial charge on any atom is 0.134 e. The number of thiazole rings is 1. The summed E-state index contributed by atoms with van der Waals surface area (Å²) in [6.45, 7) is 0. The molecule has 2 aromatic carbocycles. The molecule has 0 aliphatic carbocycles. The van der Waals surface area contributed by atoms with E-state index in [9.17, 15) is 5.26 Å². The van der Waals surface area contributed by atoms with Crippen LogP contribution in [-0.4, -0.2) is 12.1 Å². The van der Waals surface area contributed by atoms with Gasteiger partial charge >= 0.3 is 0 Å². The Labute approximate surface area is 159 Å². The van der Waals surface area contributed by atoms with Crippen LogP contribution in [0.2, 0.25) is 10.0 Å². The zero-order valence-electron chi connectivity index (χ0n) is 13.2. The predicted octanol–water partition coefficient (Wildman–Crippen LogP) is 6.19. The molecule has 0 aliphatic rings. The molecule has 0 amide bonds. The molecular weight excluding hydrogens is 375 g/mol. The van der Waals surface area contributed by atoms with Gasteiger partial charge in [-0.15, -0.1) is 11.3 Å². The van der Waals surface area contributed by atoms with Crippen molar-refractivity contribution in [2.45, 2.75) is 0 Å². The Morgan fingerprint density at radius 3 is 2.76 bits per heavy atom. The number of nitrogens with zero attached hydrogens (tertiary/aromatic N) is 2. The van der Waals surface area contributed by atoms with Gasteiger partial charge in [0.25, 0.3) is 0 Å². The van der Waals surface area contributed by atoms with Crippen LogP contribution < -0.4 is 4.74 Å². The fraction of sp³-hybridized carbons (Fsp3) is 0.0526. The van der Waals surface area contributed by atoms with Crippen molar-refractivity contribution in [3.05, 3.63) is 68.5 Å². The van der Waals surface area contributed by atoms with Gasteiger partial charge in [0.15, 0.2) is 0 Å². The lowest BCUT2D eigenvalue weighted by atomic mass is 10.1. The third-order valence-corrected chi connectivity index (χ3v) is 5.09. The van der Waals surface area contributed by atoms with E-state index in [0.717, 1.165) is 22.6 Å². The summed E-state index contributed by atoms with van der Waals surface area (Å²) in [5, 5.41) is 13.0. The van der Waals surface area contributed by atoms with Crippen LogP contribution in [0.4, 0.5) is 0 Å². The summed E-state index contributed by atoms with van der Waals surface area (Å²) in [7, 11) is 1.61. The molecule has 3 aromatic rings. The van der Waals surface area contributed by atoms with E-state index < -0.39 is 0 Å². The molecule has 1 heterocycles. The number of methoxy groups -OCH3 is 1. The monoisotopic (exact) mass is 386 g/mol. The average molecular weight is 387 g/mol. The number of allylic oxidation sites excluding steroid dienone is 1. The second kappa shape index (κ2) is 7.71. The second-order valence-corrected chi connectivity index (χ2v) is 6.79. The Hall–Kier alpha value is -2.32. The van der Waals surface area contributed by atoms with Gasteiger partial charge in [0.2, 0.25) is 0 Å². The minimum absolute atomic E-state index is 0.473. The molecule has 124 valence electrons. The largest absolute Gasteiger partial charge is 0.497 e. The first-order valence-corrected chi connectivity index (χ1v) is 8.91. The van der Waals surface area contributed by atoms with Gasteiger partial charge in [-0.2, -0.15) is 5.26 Å². The van der Waals surface area contributed by atoms with Crippen LogP contribution in [0.1, 0.15) is 10.6 Å². The van der Waals surface area contributed by atoms with Gasteiger partial charge in [-0.1, -0.05) is 41.4 Å². The van der Waals surface area contributed by atoms with E-state index >= 15 is 0 Å². The number of ether oxygens (including phenoxy) is 1. The molecule has 0 fully saturated rings. The molecule has 0 unspecified atom stereocenters. The molecular formula is C19H12Cl2N2OS. The third-order valence-electron chi connectivity index (χ3n) is 3.48. The zero-order valence-corrected chi connectivity index (χ0v) is 15.5. The van der Waals surface area contributed by atoms with E-state index in [4.69, 9.17) is 27.9 Å². The van der Waals surface area contributed by atoms with E-state index in [1.165, 1.54) is 11.3 Å². The molecule has 6 heteroatoms. The Balaban J connectivity index is 1.95. The first kappa shape index (κ1) is 17.5. The van der Waals surface area contributed by atoms with Crippen molar-refractivity contribution in [2.75, 3.05) is 7.11 Å². The number of nitriles is 1. The molecule has 1 aromatic heterocycles. The van der Waals surface area contributed by atoms with Crippen LogP contribution >= 0.6 is 34.5 Å². The molecule has 0 N–H and O–H groups in total. The summed E-state index contributed by atoms with van der Waals surface area (Å²) >= 11 is 13.4. The molecule has 25 heavy (non-hydrogen) atoms. The van der Waals surface area contributed by atoms with E-state index in [2.05, 4.69) is 11.1 Å². The van der Waals surface area contributed by atoms with Crippen molar-refractivity contribution >= 4 is 46.2 Å². The standard InChI is InChI=1S/C19H12Cl2N2OS/c1-24-15-4-2-3-12(8-15)7-14(10-22)19-23-18(11-25-19)13-5-6-16(20)17(21)9-13/h2-9,11H,1H3/b14-7-. The van der Waals surface area contributed by atoms with Crippen LogP contribution in [-0.2, 0) is 0 Å². The molecule has 0 spiro atoms. The summed E-state index contributed by atoms with van der Waals surface area (Å²) in [4.78, 5) is 4.56. The van der Waals surface area contributed by atoms with E-state index in [0.29, 0.717) is 20.6 Å². The molecule has 3 rings (SSSR count). The zero-order chi connectivity index (χ0) is 17.8. The van der Waals surface area contributed by atoms with Crippen LogP contribution in [0.5, 0.6) is 5.75 Å². The molecule has 0 saturated heterocycles. The minimum atomic E-state index is 0.473. The van der Waals surface area contributed by atoms with Crippen molar-refractivity contribution in [2.24, 2.45) is 0 Å². The van der Waals surface area contributed by atoms with Crippen molar-refractivity contribution in [3.8, 4) is 23.1 Å². The fourth-order valence-corrected chi connectivity index (χ4v) is 3.32. The number of benzene rings is 2. The van der Waals surface area contributed by atoms with Crippen molar-refractivity contribution < 1.29 is 4.74 Å². The van der Waals surface area contributed by atoms with Crippen LogP contribution in [0.3, 0.4) is 0 Å². The summed E-state index contributed by atoms with van der Waals surface area (Å²) in [5.41, 5.74) is 2.98. The molecule has 0 radical (unpaired) electrons. The first-order chi connectivity index (χ1) is 12.1. The maximum absolute atomic E-state index is 9.51. The normalized spacial score (nSPS) is 11.2. The summed E-state index contributed by atoms with van der Waals surface area (Å²) in [6.07, 6.45) is 1.79. The lowest BCUT2D eigenvalue weighted by Gasteiger charge is -2.01. The van der Waals surface area contributed by atoms with Crippen molar-refractivity contribution in [1.82, 2.24) is 4.98 Å². The van der Waals surface area contributed by atoms with Gasteiger partial charge < -0.3 is 4.74 Å². The second-order valence-electron chi connectivity index (χ2n) is 5.11. The fourth-order valence-electron chi connectivity index (χ4n) is 2.23. The summed E-state index contributed by atoms with van der Waals surface area (Å²) in [5.74, 6) is 0.738. The Bertz CT molecular complexity index is 989. The van der Waals surface area contributed by atoms with Gasteiger partial charge in [-0.25, -0.2) is 4.98 Å². The average Bonchev–Trinajstić information content (AvgIpc) is 3.12. The third kappa shape index (κ3) is 4.02. The Kier molecular flexibility index (Phi) is 5.40. The highest BCUT2D eigenvalue weighted by Crippen LogP contribution is 2.31. The molecule has 0 atom stereocenters. The molecule has 0 saturated carbocycles. The van der Waals surface area contributed by atoms with Crippen molar-refractivity contribution in [1.29, 1.82) is 5.26 Å². The quantitative estimate of drug-likeness (QED) is 0.502. The number of aromatic nitrogens is 1. The van der Waals surface area contributed by atoms with Gasteiger partial charge in [-0.05, 0) is 35.9 Å². The van der Waals surface area contributed by atoms with Crippen LogP contribution in [0.15, 0.2) is 47.8 Å². The highest BCUT2D eigenvalue weighted by atomic mass is 35.5. The lowest BCUT2D eigenvalue weighted by Crippen LogP contribution is -1.85. The van der Waals surface area contributed by atoms with Crippen LogP contribution in [0, 0.1) is 11.3 Å². The highest BCUT2D eigenvalue weighted by molar-refractivity contribution is 7.11. The minimum Gasteiger partial charge on any atom is -0.497 e. The molecule has 0 bridgehead atoms. The smallest absolute Gasteiger partial charge is 0.134 e. The van der Waals surface area contributed by atoms with Crippen molar-refractivity contribution in [3.63, 3.8) is 0 Å². The number of hydrogen-bond donors (Lipinski definition) is 0. The maximum atomic E-state index is 9.51. The number of rotatable bonds is 4. The van der Waals surface area contributed by atoms with Crippen LogP contribution in [0.25, 0.3) is 22.9 Å². The predicted molar refractivity (Wildman–Crippen MR) is 104 cm³/mol. The SMILES string of the molecule is COc1cccc(/C=C(/C#N)c2nc(-c3ccc(Cl)c(Cl)c3)cs2)c1. The Morgan fingerprint density at radius 1 is 1.20 bits per heavy atom. The first-order valence-electron chi connectivity index (χ1n) is 7.28. The van der Waals surface area contributed by atoms with Gasteiger partial charge in [0, 0.05) is 10.9 Å². The van der Waals surface area contributed by atoms with E-state index in [1.54, 1.807) is 25.3 Å². The van der Waals surface area contributed by atoms with Gasteiger partial charge in [-0.3, -0.25) is 0 Å². The Morgan fingerprint density at radius 2 is 2.04 bits per heavy atom. The summed E-state index contributed by atoms with van der Waals surface area (Å²) in [6, 6.07) is 15.1. The lowest BCUT2D eigenvalue weighted by molar-refractivity contribution is 0.414. The molecule has 3 nitrogen and oxygen atoms in total. The van der Waals surface area contributed by atoms with Gasteiger partial charge in [0.05, 0.1) is 28.4 Å². The summed E-state index contributed by atoms with van der Waals surface area (Å²) < 4.78 is 5.21. The number of halogens is 2. The van der Waals surface area contributed by atoms with Gasteiger partial charge in [0.1, 0.15) is 16.8 Å². The molecule has 0 aliphatic heterocycles. The highest BCUT2D eigenvalue weighted by Gasteiger charge is 2.10. The topological polar surface area (TPSA) is 45.9 Å². The van der Waals surface area contributed by atoms with E-state index in [-0.39, 0.29) is 0 Å².